The van der Waals surface area contributed by atoms with Gasteiger partial charge in [0.15, 0.2) is 5.69 Å². The van der Waals surface area contributed by atoms with Crippen LogP contribution in [0, 0.1) is 0 Å². The number of anilines is 1. The predicted molar refractivity (Wildman–Crippen MR) is 64.5 cm³/mol. The summed E-state index contributed by atoms with van der Waals surface area (Å²) in [5.41, 5.74) is 5.72. The first-order valence-corrected chi connectivity index (χ1v) is 5.65. The molecule has 0 aliphatic heterocycles. The molecule has 0 saturated heterocycles. The third-order valence-electron chi connectivity index (χ3n) is 2.28. The summed E-state index contributed by atoms with van der Waals surface area (Å²) in [4.78, 5) is 13.7. The Labute approximate surface area is 101 Å². The number of ether oxygens (including phenoxy) is 1. The Balaban J connectivity index is 2.62. The number of aromatic nitrogens is 2. The summed E-state index contributed by atoms with van der Waals surface area (Å²) < 4.78 is 5.22. The highest BCUT2D eigenvalue weighted by Crippen LogP contribution is 2.02. The second-order valence-corrected chi connectivity index (χ2v) is 3.43. The molecule has 0 aromatic carbocycles. The lowest BCUT2D eigenvalue weighted by Gasteiger charge is -2.19. The van der Waals surface area contributed by atoms with Crippen LogP contribution in [-0.4, -0.2) is 47.3 Å². The summed E-state index contributed by atoms with van der Waals surface area (Å²) in [6.07, 6.45) is 0. The van der Waals surface area contributed by atoms with Gasteiger partial charge in [0.1, 0.15) is 5.82 Å². The summed E-state index contributed by atoms with van der Waals surface area (Å²) in [6, 6.07) is 3.14. The highest BCUT2D eigenvalue weighted by Gasteiger charge is 2.15. The van der Waals surface area contributed by atoms with Gasteiger partial charge < -0.3 is 15.4 Å². The lowest BCUT2D eigenvalue weighted by molar-refractivity contribution is 0.0663. The first-order valence-electron chi connectivity index (χ1n) is 5.65. The zero-order valence-electron chi connectivity index (χ0n) is 10.2. The molecule has 1 aromatic heterocycles. The van der Waals surface area contributed by atoms with Crippen molar-refractivity contribution in [2.24, 2.45) is 0 Å². The van der Waals surface area contributed by atoms with Crippen molar-refractivity contribution >= 4 is 11.7 Å². The smallest absolute Gasteiger partial charge is 0.274 e. The quantitative estimate of drug-likeness (QED) is 0.732. The summed E-state index contributed by atoms with van der Waals surface area (Å²) in [6.45, 7) is 6.16. The zero-order valence-corrected chi connectivity index (χ0v) is 10.2. The van der Waals surface area contributed by atoms with Gasteiger partial charge in [0.2, 0.25) is 0 Å². The van der Waals surface area contributed by atoms with Gasteiger partial charge in [-0.3, -0.25) is 4.79 Å². The van der Waals surface area contributed by atoms with Gasteiger partial charge in [-0.1, -0.05) is 0 Å². The fourth-order valence-electron chi connectivity index (χ4n) is 1.34. The number of carbonyl (C=O) groups excluding carboxylic acids is 1. The molecule has 0 bridgehead atoms. The third-order valence-corrected chi connectivity index (χ3v) is 2.28. The topological polar surface area (TPSA) is 81.3 Å². The Morgan fingerprint density at radius 3 is 2.71 bits per heavy atom. The van der Waals surface area contributed by atoms with Crippen LogP contribution in [0.4, 0.5) is 5.82 Å². The summed E-state index contributed by atoms with van der Waals surface area (Å²) in [5.74, 6) is 0.151. The van der Waals surface area contributed by atoms with Crippen molar-refractivity contribution in [3.8, 4) is 0 Å². The molecule has 1 heterocycles. The van der Waals surface area contributed by atoms with Crippen molar-refractivity contribution in [2.75, 3.05) is 32.0 Å². The SMILES string of the molecule is CCOCCN(CC)C(=O)c1ccc(N)nn1. The predicted octanol–water partition coefficient (Wildman–Crippen LogP) is 0.557. The fourth-order valence-corrected chi connectivity index (χ4v) is 1.34. The van der Waals surface area contributed by atoms with Gasteiger partial charge in [-0.15, -0.1) is 10.2 Å². The number of nitrogens with zero attached hydrogens (tertiary/aromatic N) is 3. The third kappa shape index (κ3) is 3.99. The van der Waals surface area contributed by atoms with Gasteiger partial charge in [-0.2, -0.15) is 0 Å². The van der Waals surface area contributed by atoms with Gasteiger partial charge in [0.05, 0.1) is 6.61 Å². The molecule has 0 radical (unpaired) electrons. The van der Waals surface area contributed by atoms with Crippen molar-refractivity contribution in [2.45, 2.75) is 13.8 Å². The summed E-state index contributed by atoms with van der Waals surface area (Å²) in [5, 5.41) is 7.43. The molecule has 6 heteroatoms. The molecular weight excluding hydrogens is 220 g/mol. The second-order valence-electron chi connectivity index (χ2n) is 3.43. The van der Waals surface area contributed by atoms with E-state index in [9.17, 15) is 4.79 Å². The van der Waals surface area contributed by atoms with Crippen LogP contribution >= 0.6 is 0 Å². The molecule has 0 atom stereocenters. The van der Waals surface area contributed by atoms with E-state index in [1.54, 1.807) is 17.0 Å². The number of nitrogen functional groups attached to an aromatic ring is 1. The van der Waals surface area contributed by atoms with Crippen LogP contribution in [0.1, 0.15) is 24.3 Å². The maximum atomic E-state index is 12.0. The number of carbonyl (C=O) groups is 1. The Hall–Kier alpha value is -1.69. The molecule has 17 heavy (non-hydrogen) atoms. The number of hydrogen-bond acceptors (Lipinski definition) is 5. The lowest BCUT2D eigenvalue weighted by atomic mass is 10.3. The molecule has 1 aromatic rings. The molecule has 1 rings (SSSR count). The molecule has 0 aliphatic carbocycles. The Morgan fingerprint density at radius 2 is 2.18 bits per heavy atom. The van der Waals surface area contributed by atoms with Gasteiger partial charge in [0.25, 0.3) is 5.91 Å². The van der Waals surface area contributed by atoms with E-state index in [-0.39, 0.29) is 5.91 Å². The Kier molecular flexibility index (Phi) is 5.35. The number of likely N-dealkylation sites (N-methyl/N-ethyl adjacent to an activating group) is 1. The highest BCUT2D eigenvalue weighted by atomic mass is 16.5. The van der Waals surface area contributed by atoms with Gasteiger partial charge in [0, 0.05) is 19.7 Å². The molecular formula is C11H18N4O2. The number of amides is 1. The average molecular weight is 238 g/mol. The van der Waals surface area contributed by atoms with Crippen LogP contribution in [0.25, 0.3) is 0 Å². The van der Waals surface area contributed by atoms with Gasteiger partial charge >= 0.3 is 0 Å². The molecule has 1 amide bonds. The standard InChI is InChI=1S/C11H18N4O2/c1-3-15(7-8-17-4-2)11(16)9-5-6-10(12)14-13-9/h5-6H,3-4,7-8H2,1-2H3,(H2,12,14). The van der Waals surface area contributed by atoms with Crippen molar-refractivity contribution in [1.82, 2.24) is 15.1 Å². The van der Waals surface area contributed by atoms with Crippen LogP contribution in [0.2, 0.25) is 0 Å². The number of nitrogens with two attached hydrogens (primary N) is 1. The fraction of sp³-hybridized carbons (Fsp3) is 0.545. The molecule has 2 N–H and O–H groups in total. The Morgan fingerprint density at radius 1 is 1.41 bits per heavy atom. The molecule has 0 spiro atoms. The van der Waals surface area contributed by atoms with Crippen molar-refractivity contribution in [3.63, 3.8) is 0 Å². The largest absolute Gasteiger partial charge is 0.382 e. The van der Waals surface area contributed by atoms with Crippen LogP contribution in [0.3, 0.4) is 0 Å². The first-order chi connectivity index (χ1) is 8.19. The van der Waals surface area contributed by atoms with Gasteiger partial charge in [-0.25, -0.2) is 0 Å². The summed E-state index contributed by atoms with van der Waals surface area (Å²) >= 11 is 0. The maximum absolute atomic E-state index is 12.0. The van der Waals surface area contributed by atoms with E-state index in [0.717, 1.165) is 0 Å². The Bertz CT molecular complexity index is 353. The van der Waals surface area contributed by atoms with Crippen molar-refractivity contribution in [3.05, 3.63) is 17.8 Å². The van der Waals surface area contributed by atoms with E-state index in [0.29, 0.717) is 37.8 Å². The van der Waals surface area contributed by atoms with E-state index in [1.807, 2.05) is 13.8 Å². The number of rotatable bonds is 6. The average Bonchev–Trinajstić information content (AvgIpc) is 2.35. The van der Waals surface area contributed by atoms with E-state index in [4.69, 9.17) is 10.5 Å². The van der Waals surface area contributed by atoms with Crippen LogP contribution in [0.5, 0.6) is 0 Å². The molecule has 0 saturated carbocycles. The van der Waals surface area contributed by atoms with Gasteiger partial charge in [-0.05, 0) is 26.0 Å². The molecule has 0 unspecified atom stereocenters. The van der Waals surface area contributed by atoms with Crippen LogP contribution in [-0.2, 0) is 4.74 Å². The molecule has 0 aliphatic rings. The van der Waals surface area contributed by atoms with E-state index in [1.165, 1.54) is 0 Å². The van der Waals surface area contributed by atoms with E-state index < -0.39 is 0 Å². The monoisotopic (exact) mass is 238 g/mol. The molecule has 6 nitrogen and oxygen atoms in total. The van der Waals surface area contributed by atoms with Crippen LogP contribution < -0.4 is 5.73 Å². The first kappa shape index (κ1) is 13.4. The molecule has 0 fully saturated rings. The maximum Gasteiger partial charge on any atom is 0.274 e. The van der Waals surface area contributed by atoms with Crippen molar-refractivity contribution in [1.29, 1.82) is 0 Å². The van der Waals surface area contributed by atoms with E-state index >= 15 is 0 Å². The number of hydrogen-bond donors (Lipinski definition) is 1. The minimum Gasteiger partial charge on any atom is -0.382 e. The minimum atomic E-state index is -0.153. The minimum absolute atomic E-state index is 0.153. The second kappa shape index (κ2) is 6.80. The van der Waals surface area contributed by atoms with Crippen LogP contribution in [0.15, 0.2) is 12.1 Å². The normalized spacial score (nSPS) is 10.2. The lowest BCUT2D eigenvalue weighted by Crippen LogP contribution is -2.34. The summed E-state index contributed by atoms with van der Waals surface area (Å²) in [7, 11) is 0. The highest BCUT2D eigenvalue weighted by molar-refractivity contribution is 5.92. The molecule has 94 valence electrons. The van der Waals surface area contributed by atoms with E-state index in [2.05, 4.69) is 10.2 Å². The van der Waals surface area contributed by atoms with Crippen molar-refractivity contribution < 1.29 is 9.53 Å². The zero-order chi connectivity index (χ0) is 12.7.